The molecule has 1 heterocycles. The van der Waals surface area contributed by atoms with E-state index in [0.29, 0.717) is 4.68 Å². The smallest absolute Gasteiger partial charge is 0.343 e. The summed E-state index contributed by atoms with van der Waals surface area (Å²) in [5.74, 6) is -0.559. The molecule has 0 N–H and O–H groups in total. The maximum Gasteiger partial charge on any atom is 0.408 e. The average Bonchev–Trinajstić information content (AvgIpc) is 2.47. The van der Waals surface area contributed by atoms with Crippen LogP contribution in [0.1, 0.15) is 10.5 Å². The molecule has 1 aromatic rings. The molecule has 0 bridgehead atoms. The van der Waals surface area contributed by atoms with Gasteiger partial charge in [-0.2, -0.15) is 18.3 Å². The summed E-state index contributed by atoms with van der Waals surface area (Å²) in [5.41, 5.74) is -0.197. The fourth-order valence-electron chi connectivity index (χ4n) is 0.966. The molecule has 0 unspecified atom stereocenters. The highest BCUT2D eigenvalue weighted by Crippen LogP contribution is 2.18. The van der Waals surface area contributed by atoms with Crippen molar-refractivity contribution in [3.8, 4) is 0 Å². The number of hydrogen-bond donors (Lipinski definition) is 0. The SMILES string of the molecule is CN(C)C(=O)c1[c]cnn1CC(F)(F)F. The van der Waals surface area contributed by atoms with Crippen molar-refractivity contribution >= 4 is 5.91 Å². The van der Waals surface area contributed by atoms with Crippen LogP contribution in [0.3, 0.4) is 0 Å². The van der Waals surface area contributed by atoms with Crippen LogP contribution in [-0.2, 0) is 6.54 Å². The summed E-state index contributed by atoms with van der Waals surface area (Å²) in [4.78, 5) is 12.5. The highest BCUT2D eigenvalue weighted by atomic mass is 19.4. The van der Waals surface area contributed by atoms with Crippen LogP contribution in [0.15, 0.2) is 6.20 Å². The minimum Gasteiger partial charge on any atom is -0.343 e. The van der Waals surface area contributed by atoms with E-state index in [-0.39, 0.29) is 5.69 Å². The molecule has 0 aliphatic rings. The zero-order chi connectivity index (χ0) is 11.6. The Morgan fingerprint density at radius 1 is 1.60 bits per heavy atom. The van der Waals surface area contributed by atoms with E-state index in [2.05, 4.69) is 11.2 Å². The molecule has 83 valence electrons. The molecule has 0 saturated heterocycles. The van der Waals surface area contributed by atoms with Crippen LogP contribution in [0.25, 0.3) is 0 Å². The highest BCUT2D eigenvalue weighted by molar-refractivity contribution is 5.91. The van der Waals surface area contributed by atoms with E-state index >= 15 is 0 Å². The van der Waals surface area contributed by atoms with Crippen LogP contribution in [0.4, 0.5) is 13.2 Å². The van der Waals surface area contributed by atoms with Crippen LogP contribution < -0.4 is 0 Å². The lowest BCUT2D eigenvalue weighted by Gasteiger charge is -2.13. The number of amides is 1. The van der Waals surface area contributed by atoms with Gasteiger partial charge >= 0.3 is 6.18 Å². The molecule has 4 nitrogen and oxygen atoms in total. The van der Waals surface area contributed by atoms with Crippen molar-refractivity contribution < 1.29 is 18.0 Å². The molecule has 1 aromatic heterocycles. The summed E-state index contributed by atoms with van der Waals surface area (Å²) in [5, 5.41) is 3.40. The van der Waals surface area contributed by atoms with Crippen molar-refractivity contribution in [1.29, 1.82) is 0 Å². The Kier molecular flexibility index (Phi) is 3.01. The van der Waals surface area contributed by atoms with Gasteiger partial charge < -0.3 is 4.90 Å². The number of halogens is 3. The Balaban J connectivity index is 2.92. The molecular formula is C8H9F3N3O. The second-order valence-corrected chi connectivity index (χ2v) is 3.11. The van der Waals surface area contributed by atoms with Gasteiger partial charge in [-0.25, -0.2) is 0 Å². The molecule has 0 saturated carbocycles. The lowest BCUT2D eigenvalue weighted by Crippen LogP contribution is -2.28. The molecule has 0 fully saturated rings. The predicted octanol–water partition coefficient (Wildman–Crippen LogP) is 0.947. The monoisotopic (exact) mass is 220 g/mol. The first-order valence-corrected chi connectivity index (χ1v) is 4.03. The summed E-state index contributed by atoms with van der Waals surface area (Å²) in [6.45, 7) is -1.29. The Morgan fingerprint density at radius 3 is 2.67 bits per heavy atom. The molecule has 7 heteroatoms. The predicted molar refractivity (Wildman–Crippen MR) is 45.1 cm³/mol. The van der Waals surface area contributed by atoms with Crippen LogP contribution >= 0.6 is 0 Å². The summed E-state index contributed by atoms with van der Waals surface area (Å²) >= 11 is 0. The summed E-state index contributed by atoms with van der Waals surface area (Å²) in [6.07, 6.45) is -3.36. The Labute approximate surface area is 84.3 Å². The fourth-order valence-corrected chi connectivity index (χ4v) is 0.966. The first kappa shape index (κ1) is 11.5. The molecule has 1 radical (unpaired) electrons. The van der Waals surface area contributed by atoms with Gasteiger partial charge in [0.25, 0.3) is 5.91 Å². The van der Waals surface area contributed by atoms with E-state index < -0.39 is 18.6 Å². The molecule has 0 spiro atoms. The molecule has 0 aliphatic carbocycles. The van der Waals surface area contributed by atoms with E-state index in [1.807, 2.05) is 0 Å². The molecule has 15 heavy (non-hydrogen) atoms. The first-order valence-electron chi connectivity index (χ1n) is 4.03. The third kappa shape index (κ3) is 2.97. The molecule has 1 rings (SSSR count). The second kappa shape index (κ2) is 3.92. The van der Waals surface area contributed by atoms with Crippen molar-refractivity contribution in [2.24, 2.45) is 0 Å². The standard InChI is InChI=1S/C8H9F3N3O/c1-13(2)7(15)6-3-4-12-14(6)5-8(9,10)11/h4H,5H2,1-2H3. The highest BCUT2D eigenvalue weighted by Gasteiger charge is 2.30. The van der Waals surface area contributed by atoms with E-state index in [1.54, 1.807) is 0 Å². The first-order chi connectivity index (χ1) is 6.81. The van der Waals surface area contributed by atoms with Crippen LogP contribution in [0.5, 0.6) is 0 Å². The minimum atomic E-state index is -4.40. The molecular weight excluding hydrogens is 211 g/mol. The number of hydrogen-bond acceptors (Lipinski definition) is 2. The number of alkyl halides is 3. The van der Waals surface area contributed by atoms with Crippen LogP contribution in [0.2, 0.25) is 0 Å². The van der Waals surface area contributed by atoms with Gasteiger partial charge in [0, 0.05) is 20.2 Å². The Morgan fingerprint density at radius 2 is 2.20 bits per heavy atom. The maximum absolute atomic E-state index is 12.1. The number of rotatable bonds is 2. The summed E-state index contributed by atoms with van der Waals surface area (Å²) in [6, 6.07) is 2.37. The van der Waals surface area contributed by atoms with Gasteiger partial charge in [0.05, 0.1) is 6.20 Å². The molecule has 1 amide bonds. The van der Waals surface area contributed by atoms with Crippen LogP contribution in [-0.4, -0.2) is 40.9 Å². The zero-order valence-electron chi connectivity index (χ0n) is 8.17. The third-order valence-electron chi connectivity index (χ3n) is 1.59. The lowest BCUT2D eigenvalue weighted by atomic mass is 10.4. The summed E-state index contributed by atoms with van der Waals surface area (Å²) in [7, 11) is 2.89. The van der Waals surface area contributed by atoms with E-state index in [4.69, 9.17) is 0 Å². The van der Waals surface area contributed by atoms with Gasteiger partial charge in [-0.05, 0) is 0 Å². The van der Waals surface area contributed by atoms with E-state index in [0.717, 1.165) is 6.20 Å². The molecule has 0 atom stereocenters. The van der Waals surface area contributed by atoms with Gasteiger partial charge in [0.15, 0.2) is 0 Å². The van der Waals surface area contributed by atoms with Crippen molar-refractivity contribution in [2.45, 2.75) is 12.7 Å². The minimum absolute atomic E-state index is 0.197. The second-order valence-electron chi connectivity index (χ2n) is 3.11. The zero-order valence-corrected chi connectivity index (χ0v) is 8.17. The molecule has 0 aromatic carbocycles. The normalized spacial score (nSPS) is 11.5. The third-order valence-corrected chi connectivity index (χ3v) is 1.59. The number of nitrogens with zero attached hydrogens (tertiary/aromatic N) is 3. The number of carbonyl (C=O) groups excluding carboxylic acids is 1. The van der Waals surface area contributed by atoms with Gasteiger partial charge in [0.1, 0.15) is 12.2 Å². The lowest BCUT2D eigenvalue weighted by molar-refractivity contribution is -0.142. The topological polar surface area (TPSA) is 38.1 Å². The number of aromatic nitrogens is 2. The van der Waals surface area contributed by atoms with Crippen molar-refractivity contribution in [3.05, 3.63) is 18.0 Å². The van der Waals surface area contributed by atoms with Gasteiger partial charge in [0.2, 0.25) is 0 Å². The van der Waals surface area contributed by atoms with E-state index in [1.165, 1.54) is 19.0 Å². The van der Waals surface area contributed by atoms with Gasteiger partial charge in [-0.1, -0.05) is 0 Å². The van der Waals surface area contributed by atoms with E-state index in [9.17, 15) is 18.0 Å². The summed E-state index contributed by atoms with van der Waals surface area (Å²) < 4.78 is 36.8. The van der Waals surface area contributed by atoms with Crippen molar-refractivity contribution in [1.82, 2.24) is 14.7 Å². The van der Waals surface area contributed by atoms with Crippen LogP contribution in [0, 0.1) is 6.07 Å². The Bertz CT molecular complexity index is 356. The Hall–Kier alpha value is -1.53. The van der Waals surface area contributed by atoms with Crippen molar-refractivity contribution in [2.75, 3.05) is 14.1 Å². The maximum atomic E-state index is 12.1. The largest absolute Gasteiger partial charge is 0.408 e. The molecule has 0 aliphatic heterocycles. The van der Waals surface area contributed by atoms with Gasteiger partial charge in [-0.15, -0.1) is 0 Å². The van der Waals surface area contributed by atoms with Gasteiger partial charge in [-0.3, -0.25) is 9.48 Å². The number of carbonyl (C=O) groups is 1. The average molecular weight is 220 g/mol. The fraction of sp³-hybridized carbons (Fsp3) is 0.500. The van der Waals surface area contributed by atoms with Crippen molar-refractivity contribution in [3.63, 3.8) is 0 Å². The quantitative estimate of drug-likeness (QED) is 0.744.